The van der Waals surface area contributed by atoms with Crippen LogP contribution < -0.4 is 20.3 Å². The van der Waals surface area contributed by atoms with Crippen LogP contribution >= 0.6 is 0 Å². The normalized spacial score (nSPS) is 22.4. The smallest absolute Gasteiger partial charge is 0.237 e. The van der Waals surface area contributed by atoms with Crippen LogP contribution in [0.4, 0.5) is 5.69 Å². The second kappa shape index (κ2) is 11.4. The van der Waals surface area contributed by atoms with E-state index in [1.54, 1.807) is 24.2 Å². The number of ether oxygens (including phenoxy) is 2. The van der Waals surface area contributed by atoms with Crippen LogP contribution in [-0.2, 0) is 16.0 Å². The quantitative estimate of drug-likeness (QED) is 0.312. The van der Waals surface area contributed by atoms with E-state index >= 15 is 0 Å². The predicted molar refractivity (Wildman–Crippen MR) is 140 cm³/mol. The van der Waals surface area contributed by atoms with E-state index in [0.29, 0.717) is 17.6 Å². The van der Waals surface area contributed by atoms with Crippen molar-refractivity contribution in [2.45, 2.75) is 56.8 Å². The third-order valence-corrected chi connectivity index (χ3v) is 6.51. The van der Waals surface area contributed by atoms with Crippen LogP contribution in [0.5, 0.6) is 5.75 Å². The number of benzene rings is 1. The van der Waals surface area contributed by atoms with Gasteiger partial charge in [0.05, 0.1) is 37.8 Å². The number of hydrogen-bond donors (Lipinski definition) is 4. The van der Waals surface area contributed by atoms with Crippen LogP contribution in [-0.4, -0.2) is 88.8 Å². The predicted octanol–water partition coefficient (Wildman–Crippen LogP) is 0.851. The minimum atomic E-state index is -1.14. The summed E-state index contributed by atoms with van der Waals surface area (Å²) < 4.78 is 12.9. The van der Waals surface area contributed by atoms with Crippen LogP contribution in [0, 0.1) is 0 Å². The van der Waals surface area contributed by atoms with Gasteiger partial charge >= 0.3 is 0 Å². The molecule has 0 radical (unpaired) electrons. The molecular weight excluding hydrogens is 476 g/mol. The molecule has 3 heterocycles. The summed E-state index contributed by atoms with van der Waals surface area (Å²) in [5.41, 5.74) is 3.04. The van der Waals surface area contributed by atoms with Gasteiger partial charge in [-0.25, -0.2) is 9.97 Å². The monoisotopic (exact) mass is 512 g/mol. The van der Waals surface area contributed by atoms with Gasteiger partial charge in [0.25, 0.3) is 0 Å². The van der Waals surface area contributed by atoms with Gasteiger partial charge in [-0.2, -0.15) is 0 Å². The molecule has 0 spiro atoms. The van der Waals surface area contributed by atoms with E-state index in [9.17, 15) is 15.0 Å². The summed E-state index contributed by atoms with van der Waals surface area (Å²) in [6, 6.07) is 8.06. The fourth-order valence-electron chi connectivity index (χ4n) is 4.67. The molecule has 11 heteroatoms. The lowest BCUT2D eigenvalue weighted by molar-refractivity contribution is -0.125. The minimum absolute atomic E-state index is 0.0504. The number of aromatic nitrogens is 3. The molecule has 1 aliphatic heterocycles. The zero-order valence-electron chi connectivity index (χ0n) is 21.8. The summed E-state index contributed by atoms with van der Waals surface area (Å²) in [6.45, 7) is 3.56. The van der Waals surface area contributed by atoms with E-state index in [-0.39, 0.29) is 18.6 Å². The average molecular weight is 513 g/mol. The van der Waals surface area contributed by atoms with Crippen molar-refractivity contribution in [3.8, 4) is 5.75 Å². The molecular formula is C26H36N6O5. The molecule has 1 amide bonds. The minimum Gasteiger partial charge on any atom is -0.497 e. The summed E-state index contributed by atoms with van der Waals surface area (Å²) in [7, 11) is 5.43. The Labute approximate surface area is 216 Å². The van der Waals surface area contributed by atoms with Gasteiger partial charge in [0.1, 0.15) is 23.5 Å². The maximum Gasteiger partial charge on any atom is 0.237 e. The number of imidazole rings is 1. The van der Waals surface area contributed by atoms with Crippen molar-refractivity contribution in [2.75, 3.05) is 32.7 Å². The summed E-state index contributed by atoms with van der Waals surface area (Å²) >= 11 is 0. The second-order valence-corrected chi connectivity index (χ2v) is 9.75. The van der Waals surface area contributed by atoms with Crippen molar-refractivity contribution < 1.29 is 24.5 Å². The molecule has 0 bridgehead atoms. The molecule has 5 atom stereocenters. The molecule has 0 saturated carbocycles. The largest absolute Gasteiger partial charge is 0.497 e. The third kappa shape index (κ3) is 5.69. The number of carbonyl (C=O) groups is 1. The number of fused-ring (bicyclic) bond motifs is 1. The molecule has 1 saturated heterocycles. The fraction of sp³-hybridized carbons (Fsp3) is 0.500. The lowest BCUT2D eigenvalue weighted by Crippen LogP contribution is -2.55. The van der Waals surface area contributed by atoms with E-state index in [1.807, 2.05) is 63.2 Å². The van der Waals surface area contributed by atoms with Gasteiger partial charge in [0, 0.05) is 26.3 Å². The van der Waals surface area contributed by atoms with Gasteiger partial charge in [0.15, 0.2) is 11.9 Å². The van der Waals surface area contributed by atoms with E-state index in [4.69, 9.17) is 9.47 Å². The van der Waals surface area contributed by atoms with Gasteiger partial charge in [0.2, 0.25) is 5.91 Å². The van der Waals surface area contributed by atoms with Crippen LogP contribution in [0.25, 0.3) is 11.2 Å². The molecule has 4 rings (SSSR count). The van der Waals surface area contributed by atoms with Crippen molar-refractivity contribution in [1.82, 2.24) is 25.2 Å². The van der Waals surface area contributed by atoms with Crippen LogP contribution in [0.1, 0.15) is 25.6 Å². The van der Waals surface area contributed by atoms with Gasteiger partial charge in [-0.05, 0) is 30.2 Å². The van der Waals surface area contributed by atoms with Gasteiger partial charge < -0.3 is 35.2 Å². The standard InChI is InChI=1S/C26H36N6O5/c1-15(2)29-18(12-16-6-8-17(36-5)9-7-16)25(35)30-22-20(13-33)37-26(23(22)34)32-14-28-21-19(31(3)4)10-11-27-24(21)32/h6-11,14-15,18,20,22-23,26,29,33-34H,12-13H2,1-5H3,(H,30,35)/t18?,20-,22+,23?,26-/m1/s1. The molecule has 2 unspecified atom stereocenters. The molecule has 37 heavy (non-hydrogen) atoms. The number of nitrogens with zero attached hydrogens (tertiary/aromatic N) is 4. The van der Waals surface area contributed by atoms with Gasteiger partial charge in [-0.1, -0.05) is 26.0 Å². The summed E-state index contributed by atoms with van der Waals surface area (Å²) in [6.07, 6.45) is 0.845. The first-order valence-electron chi connectivity index (χ1n) is 12.4. The first kappa shape index (κ1) is 26.8. The lowest BCUT2D eigenvalue weighted by Gasteiger charge is -2.26. The molecule has 1 fully saturated rings. The summed E-state index contributed by atoms with van der Waals surface area (Å²) in [5, 5.41) is 27.5. The maximum absolute atomic E-state index is 13.4. The average Bonchev–Trinajstić information content (AvgIpc) is 3.44. The second-order valence-electron chi connectivity index (χ2n) is 9.75. The molecule has 200 valence electrons. The molecule has 3 aromatic rings. The van der Waals surface area contributed by atoms with Crippen molar-refractivity contribution in [3.05, 3.63) is 48.4 Å². The van der Waals surface area contributed by atoms with Crippen LogP contribution in [0.2, 0.25) is 0 Å². The number of rotatable bonds is 10. The van der Waals surface area contributed by atoms with E-state index in [2.05, 4.69) is 20.6 Å². The number of aliphatic hydroxyl groups excluding tert-OH is 2. The SMILES string of the molecule is COc1ccc(CC(NC(C)C)C(=O)N[C@@H]2C(O)[C@H](n3cnc4c(N(C)C)ccnc43)O[C@@H]2CO)cc1. The summed E-state index contributed by atoms with van der Waals surface area (Å²) in [4.78, 5) is 24.2. The Hall–Kier alpha value is -3.25. The number of pyridine rings is 1. The van der Waals surface area contributed by atoms with Crippen molar-refractivity contribution >= 4 is 22.8 Å². The van der Waals surface area contributed by atoms with Crippen molar-refractivity contribution in [3.63, 3.8) is 0 Å². The number of anilines is 1. The maximum atomic E-state index is 13.4. The highest BCUT2D eigenvalue weighted by atomic mass is 16.5. The number of amides is 1. The molecule has 1 aliphatic rings. The van der Waals surface area contributed by atoms with E-state index < -0.39 is 30.5 Å². The highest BCUT2D eigenvalue weighted by Gasteiger charge is 2.46. The van der Waals surface area contributed by atoms with E-state index in [1.165, 1.54) is 0 Å². The van der Waals surface area contributed by atoms with Gasteiger partial charge in [-0.3, -0.25) is 9.36 Å². The molecule has 0 aliphatic carbocycles. The zero-order chi connectivity index (χ0) is 26.7. The Bertz CT molecular complexity index is 1200. The fourth-order valence-corrected chi connectivity index (χ4v) is 4.67. The number of carbonyl (C=O) groups excluding carboxylic acids is 1. The molecule has 11 nitrogen and oxygen atoms in total. The van der Waals surface area contributed by atoms with E-state index in [0.717, 1.165) is 17.0 Å². The number of aliphatic hydroxyl groups is 2. The third-order valence-electron chi connectivity index (χ3n) is 6.51. The highest BCUT2D eigenvalue weighted by Crippen LogP contribution is 2.33. The van der Waals surface area contributed by atoms with Crippen LogP contribution in [0.15, 0.2) is 42.9 Å². The Morgan fingerprint density at radius 3 is 2.57 bits per heavy atom. The molecule has 1 aromatic carbocycles. The first-order chi connectivity index (χ1) is 17.7. The zero-order valence-corrected chi connectivity index (χ0v) is 21.8. The topological polar surface area (TPSA) is 134 Å². The number of hydrogen-bond acceptors (Lipinski definition) is 9. The van der Waals surface area contributed by atoms with Crippen molar-refractivity contribution in [1.29, 1.82) is 0 Å². The highest BCUT2D eigenvalue weighted by molar-refractivity contribution is 5.86. The Balaban J connectivity index is 1.54. The molecule has 2 aromatic heterocycles. The Morgan fingerprint density at radius 2 is 1.95 bits per heavy atom. The Kier molecular flexibility index (Phi) is 8.28. The van der Waals surface area contributed by atoms with Crippen molar-refractivity contribution in [2.24, 2.45) is 0 Å². The first-order valence-corrected chi connectivity index (χ1v) is 12.4. The number of methoxy groups -OCH3 is 1. The summed E-state index contributed by atoms with van der Waals surface area (Å²) in [5.74, 6) is 0.448. The number of nitrogens with one attached hydrogen (secondary N) is 2. The molecule has 4 N–H and O–H groups in total. The van der Waals surface area contributed by atoms with Crippen LogP contribution in [0.3, 0.4) is 0 Å². The lowest BCUT2D eigenvalue weighted by atomic mass is 10.0. The van der Waals surface area contributed by atoms with Gasteiger partial charge in [-0.15, -0.1) is 0 Å². The Morgan fingerprint density at radius 1 is 1.22 bits per heavy atom.